The van der Waals surface area contributed by atoms with E-state index in [0.29, 0.717) is 11.5 Å². The van der Waals surface area contributed by atoms with Crippen LogP contribution < -0.4 is 15.4 Å². The lowest BCUT2D eigenvalue weighted by Crippen LogP contribution is -2.14. The van der Waals surface area contributed by atoms with Crippen LogP contribution in [0, 0.1) is 5.82 Å². The first-order valence-electron chi connectivity index (χ1n) is 5.93. The molecule has 6 heteroatoms. The van der Waals surface area contributed by atoms with E-state index in [0.717, 1.165) is 0 Å². The molecule has 2 rings (SSSR count). The molecule has 0 atom stereocenters. The number of carbonyl (C=O) groups excluding carboxylic acids is 1. The van der Waals surface area contributed by atoms with E-state index in [-0.39, 0.29) is 11.4 Å². The lowest BCUT2D eigenvalue weighted by Gasteiger charge is -2.08. The van der Waals surface area contributed by atoms with Gasteiger partial charge >= 0.3 is 0 Å². The molecule has 0 fully saturated rings. The van der Waals surface area contributed by atoms with Crippen LogP contribution in [0.15, 0.2) is 36.4 Å². The van der Waals surface area contributed by atoms with Crippen molar-refractivity contribution >= 4 is 17.4 Å². The molecule has 1 heterocycles. The van der Waals surface area contributed by atoms with Gasteiger partial charge < -0.3 is 15.4 Å². The number of anilines is 2. The summed E-state index contributed by atoms with van der Waals surface area (Å²) < 4.78 is 18.3. The number of pyridine rings is 1. The first-order valence-corrected chi connectivity index (χ1v) is 5.93. The Balaban J connectivity index is 2.16. The van der Waals surface area contributed by atoms with Crippen LogP contribution in [-0.2, 0) is 0 Å². The smallest absolute Gasteiger partial charge is 0.274 e. The molecule has 20 heavy (non-hydrogen) atoms. The van der Waals surface area contributed by atoms with E-state index in [1.54, 1.807) is 31.3 Å². The average Bonchev–Trinajstić information content (AvgIpc) is 2.47. The van der Waals surface area contributed by atoms with Gasteiger partial charge in [-0.2, -0.15) is 0 Å². The predicted octanol–water partition coefficient (Wildman–Crippen LogP) is 2.52. The third-order valence-corrected chi connectivity index (χ3v) is 2.65. The highest BCUT2D eigenvalue weighted by Gasteiger charge is 2.10. The van der Waals surface area contributed by atoms with Gasteiger partial charge in [-0.3, -0.25) is 4.79 Å². The van der Waals surface area contributed by atoms with Gasteiger partial charge in [0.15, 0.2) is 11.6 Å². The van der Waals surface area contributed by atoms with Crippen LogP contribution in [-0.4, -0.2) is 25.0 Å². The summed E-state index contributed by atoms with van der Waals surface area (Å²) in [5, 5.41) is 5.42. The number of halogens is 1. The number of benzene rings is 1. The molecule has 0 aliphatic rings. The molecule has 0 aliphatic heterocycles. The van der Waals surface area contributed by atoms with Gasteiger partial charge in [-0.1, -0.05) is 6.07 Å². The Morgan fingerprint density at radius 3 is 2.75 bits per heavy atom. The van der Waals surface area contributed by atoms with Crippen molar-refractivity contribution in [1.29, 1.82) is 0 Å². The molecular formula is C14H14FN3O2. The lowest BCUT2D eigenvalue weighted by molar-refractivity contribution is 0.102. The maximum atomic E-state index is 13.5. The van der Waals surface area contributed by atoms with Crippen molar-refractivity contribution < 1.29 is 13.9 Å². The van der Waals surface area contributed by atoms with E-state index in [9.17, 15) is 9.18 Å². The van der Waals surface area contributed by atoms with Gasteiger partial charge in [-0.05, 0) is 24.3 Å². The zero-order valence-corrected chi connectivity index (χ0v) is 11.1. The number of amides is 1. The molecule has 1 aromatic carbocycles. The van der Waals surface area contributed by atoms with E-state index in [1.807, 2.05) is 0 Å². The Morgan fingerprint density at radius 2 is 2.10 bits per heavy atom. The fourth-order valence-electron chi connectivity index (χ4n) is 1.64. The van der Waals surface area contributed by atoms with Gasteiger partial charge in [0.2, 0.25) is 0 Å². The molecule has 0 unspecified atom stereocenters. The van der Waals surface area contributed by atoms with E-state index >= 15 is 0 Å². The topological polar surface area (TPSA) is 63.2 Å². The highest BCUT2D eigenvalue weighted by atomic mass is 19.1. The third-order valence-electron chi connectivity index (χ3n) is 2.65. The summed E-state index contributed by atoms with van der Waals surface area (Å²) in [6.07, 6.45) is 0. The number of methoxy groups -OCH3 is 1. The second-order valence-electron chi connectivity index (χ2n) is 3.96. The Kier molecular flexibility index (Phi) is 4.14. The van der Waals surface area contributed by atoms with Crippen molar-refractivity contribution in [2.45, 2.75) is 0 Å². The Hall–Kier alpha value is -2.63. The molecule has 2 N–H and O–H groups in total. The molecule has 5 nitrogen and oxygen atoms in total. The number of ether oxygens (including phenoxy) is 1. The van der Waals surface area contributed by atoms with Crippen molar-refractivity contribution in [2.24, 2.45) is 0 Å². The molecule has 104 valence electrons. The molecule has 2 aromatic rings. The summed E-state index contributed by atoms with van der Waals surface area (Å²) in [5.41, 5.74) is 0.582. The zero-order chi connectivity index (χ0) is 14.5. The van der Waals surface area contributed by atoms with Crippen LogP contribution in [0.25, 0.3) is 0 Å². The molecule has 0 saturated carbocycles. The number of hydrogen-bond acceptors (Lipinski definition) is 4. The number of rotatable bonds is 4. The third kappa shape index (κ3) is 3.03. The van der Waals surface area contributed by atoms with Gasteiger partial charge in [0.05, 0.1) is 7.11 Å². The number of aromatic nitrogens is 1. The normalized spacial score (nSPS) is 9.95. The summed E-state index contributed by atoms with van der Waals surface area (Å²) >= 11 is 0. The second-order valence-corrected chi connectivity index (χ2v) is 3.96. The van der Waals surface area contributed by atoms with E-state index < -0.39 is 11.7 Å². The summed E-state index contributed by atoms with van der Waals surface area (Å²) in [4.78, 5) is 16.1. The van der Waals surface area contributed by atoms with Gasteiger partial charge in [-0.25, -0.2) is 9.37 Å². The quantitative estimate of drug-likeness (QED) is 0.900. The molecule has 0 saturated heterocycles. The number of hydrogen-bond donors (Lipinski definition) is 2. The SMILES string of the molecule is CNc1cccc(C(=O)Nc2ccc(OC)c(F)c2)n1. The van der Waals surface area contributed by atoms with E-state index in [4.69, 9.17) is 4.74 Å². The van der Waals surface area contributed by atoms with Crippen molar-refractivity contribution in [2.75, 3.05) is 24.8 Å². The number of nitrogens with one attached hydrogen (secondary N) is 2. The maximum Gasteiger partial charge on any atom is 0.274 e. The lowest BCUT2D eigenvalue weighted by atomic mass is 10.2. The van der Waals surface area contributed by atoms with Gasteiger partial charge in [0, 0.05) is 18.8 Å². The highest BCUT2D eigenvalue weighted by Crippen LogP contribution is 2.21. The first-order chi connectivity index (χ1) is 9.63. The molecule has 1 amide bonds. The first kappa shape index (κ1) is 13.8. The molecule has 0 radical (unpaired) electrons. The van der Waals surface area contributed by atoms with Crippen LogP contribution in [0.5, 0.6) is 5.75 Å². The summed E-state index contributed by atoms with van der Waals surface area (Å²) in [5.74, 6) is -0.245. The minimum absolute atomic E-state index is 0.123. The standard InChI is InChI=1S/C14H14FN3O2/c1-16-13-5-3-4-11(18-13)14(19)17-9-6-7-12(20-2)10(15)8-9/h3-8H,1-2H3,(H,16,18)(H,17,19). The fourth-order valence-corrected chi connectivity index (χ4v) is 1.64. The summed E-state index contributed by atoms with van der Waals surface area (Å²) in [6, 6.07) is 9.23. The molecule has 1 aromatic heterocycles. The van der Waals surface area contributed by atoms with Crippen molar-refractivity contribution in [3.63, 3.8) is 0 Å². The van der Waals surface area contributed by atoms with Crippen LogP contribution in [0.3, 0.4) is 0 Å². The van der Waals surface area contributed by atoms with Crippen molar-refractivity contribution in [3.8, 4) is 5.75 Å². The van der Waals surface area contributed by atoms with E-state index in [1.165, 1.54) is 19.2 Å². The van der Waals surface area contributed by atoms with Gasteiger partial charge in [-0.15, -0.1) is 0 Å². The molecule has 0 aliphatic carbocycles. The monoisotopic (exact) mass is 275 g/mol. The van der Waals surface area contributed by atoms with Crippen LogP contribution in [0.4, 0.5) is 15.9 Å². The molecule has 0 bridgehead atoms. The Bertz CT molecular complexity index is 632. The largest absolute Gasteiger partial charge is 0.494 e. The minimum Gasteiger partial charge on any atom is -0.494 e. The van der Waals surface area contributed by atoms with Crippen molar-refractivity contribution in [1.82, 2.24) is 4.98 Å². The van der Waals surface area contributed by atoms with Crippen LogP contribution >= 0.6 is 0 Å². The van der Waals surface area contributed by atoms with Crippen LogP contribution in [0.2, 0.25) is 0 Å². The minimum atomic E-state index is -0.540. The summed E-state index contributed by atoms with van der Waals surface area (Å²) in [6.45, 7) is 0. The fraction of sp³-hybridized carbons (Fsp3) is 0.143. The van der Waals surface area contributed by atoms with Crippen LogP contribution in [0.1, 0.15) is 10.5 Å². The highest BCUT2D eigenvalue weighted by molar-refractivity contribution is 6.03. The Labute approximate surface area is 115 Å². The second kappa shape index (κ2) is 6.01. The predicted molar refractivity (Wildman–Crippen MR) is 74.7 cm³/mol. The van der Waals surface area contributed by atoms with Gasteiger partial charge in [0.25, 0.3) is 5.91 Å². The molecular weight excluding hydrogens is 261 g/mol. The maximum absolute atomic E-state index is 13.5. The van der Waals surface area contributed by atoms with Gasteiger partial charge in [0.1, 0.15) is 11.5 Å². The van der Waals surface area contributed by atoms with Crippen molar-refractivity contribution in [3.05, 3.63) is 47.9 Å². The average molecular weight is 275 g/mol. The number of carbonyl (C=O) groups is 1. The summed E-state index contributed by atoms with van der Waals surface area (Å²) in [7, 11) is 3.09. The zero-order valence-electron chi connectivity index (χ0n) is 11.1. The molecule has 0 spiro atoms. The van der Waals surface area contributed by atoms with E-state index in [2.05, 4.69) is 15.6 Å². The Morgan fingerprint density at radius 1 is 1.30 bits per heavy atom. The number of nitrogens with zero attached hydrogens (tertiary/aromatic N) is 1.